The quantitative estimate of drug-likeness (QED) is 0.0528. The van der Waals surface area contributed by atoms with Gasteiger partial charge in [-0.05, 0) is 175 Å². The number of carbonyl (C=O) groups is 2. The number of aryl methyl sites for hydroxylation is 1. The Morgan fingerprint density at radius 3 is 2.15 bits per heavy atom. The number of pyridine rings is 1. The maximum atomic E-state index is 14.4. The number of piperidine rings is 3. The van der Waals surface area contributed by atoms with E-state index in [0.29, 0.717) is 52.9 Å². The second-order valence-electron chi connectivity index (χ2n) is 26.3. The lowest BCUT2D eigenvalue weighted by Crippen LogP contribution is -2.54. The summed E-state index contributed by atoms with van der Waals surface area (Å²) >= 11 is 0. The molecular formula is C66H90N14O5. The monoisotopic (exact) mass is 1160 g/mol. The number of fused-ring (bicyclic) bond motifs is 2. The van der Waals surface area contributed by atoms with Gasteiger partial charge in [0.15, 0.2) is 11.6 Å². The summed E-state index contributed by atoms with van der Waals surface area (Å²) in [6, 6.07) is 23.3. The van der Waals surface area contributed by atoms with E-state index in [4.69, 9.17) is 26.5 Å². The van der Waals surface area contributed by atoms with Crippen molar-refractivity contribution in [1.82, 2.24) is 44.8 Å². The first-order valence-corrected chi connectivity index (χ1v) is 31.7. The molecule has 454 valence electrons. The summed E-state index contributed by atoms with van der Waals surface area (Å²) < 4.78 is 14.5. The lowest BCUT2D eigenvalue weighted by atomic mass is 9.61. The molecule has 19 heteroatoms. The maximum Gasteiger partial charge on any atom is 0.243 e. The number of rotatable bonds is 18. The number of para-hydroxylation sites is 1. The van der Waals surface area contributed by atoms with Crippen molar-refractivity contribution in [2.45, 2.75) is 134 Å². The van der Waals surface area contributed by atoms with Crippen molar-refractivity contribution in [1.29, 1.82) is 0 Å². The lowest BCUT2D eigenvalue weighted by Gasteiger charge is -2.52. The summed E-state index contributed by atoms with van der Waals surface area (Å²) in [4.78, 5) is 47.3. The number of nitrogens with two attached hydrogens (primary N) is 3. The predicted molar refractivity (Wildman–Crippen MR) is 331 cm³/mol. The van der Waals surface area contributed by atoms with Crippen LogP contribution >= 0.6 is 0 Å². The molecule has 7 aliphatic rings. The van der Waals surface area contributed by atoms with E-state index in [2.05, 4.69) is 69.3 Å². The van der Waals surface area contributed by atoms with Crippen molar-refractivity contribution >= 4 is 29.0 Å². The molecule has 2 aromatic carbocycles. The minimum Gasteiger partial charge on any atom is -0.507 e. The van der Waals surface area contributed by atoms with Crippen LogP contribution in [-0.4, -0.2) is 153 Å². The van der Waals surface area contributed by atoms with Crippen LogP contribution < -0.4 is 37.1 Å². The van der Waals surface area contributed by atoms with Crippen molar-refractivity contribution in [2.75, 3.05) is 81.8 Å². The Morgan fingerprint density at radius 1 is 0.812 bits per heavy atom. The number of amides is 2. The molecule has 5 aromatic rings. The molecule has 7 fully saturated rings. The SMILES string of the molecule is CC(NC(=O)C1CCCN1C(=O)C(c1cc(N2CCC(CN3CCC(CN4CCC5(CC4)CC(Oc4cc(N6C7CCC6CN(C(/C=C(\N)c6ccccc6O)=C(N)N)C7)ccn4)C5)CC3)CC2)no1)C(C)C)c1ccc(-c2ccnn2C)cc1. The molecule has 5 atom stereocenters. The third kappa shape index (κ3) is 12.7. The Kier molecular flexibility index (Phi) is 17.1. The Hall–Kier alpha value is -7.25. The Bertz CT molecular complexity index is 3160. The van der Waals surface area contributed by atoms with E-state index >= 15 is 0 Å². The highest BCUT2D eigenvalue weighted by molar-refractivity contribution is 5.91. The molecule has 5 unspecified atom stereocenters. The van der Waals surface area contributed by atoms with E-state index in [0.717, 1.165) is 112 Å². The van der Waals surface area contributed by atoms with Gasteiger partial charge in [0.1, 0.15) is 29.6 Å². The highest BCUT2D eigenvalue weighted by atomic mass is 16.5. The van der Waals surface area contributed by atoms with Gasteiger partial charge in [0, 0.05) is 106 Å². The average Bonchev–Trinajstić information content (AvgIpc) is 3.07. The van der Waals surface area contributed by atoms with Crippen LogP contribution in [0, 0.1) is 23.2 Å². The Balaban J connectivity index is 0.546. The fourth-order valence-corrected chi connectivity index (χ4v) is 15.4. The zero-order valence-corrected chi connectivity index (χ0v) is 50.4. The second kappa shape index (κ2) is 25.0. The van der Waals surface area contributed by atoms with Gasteiger partial charge < -0.3 is 66.3 Å². The highest BCUT2D eigenvalue weighted by Crippen LogP contribution is 2.51. The molecule has 9 heterocycles. The van der Waals surface area contributed by atoms with Gasteiger partial charge in [-0.3, -0.25) is 14.3 Å². The fourth-order valence-electron chi connectivity index (χ4n) is 15.4. The van der Waals surface area contributed by atoms with Crippen molar-refractivity contribution in [3.05, 3.63) is 120 Å². The third-order valence-corrected chi connectivity index (χ3v) is 20.3. The van der Waals surface area contributed by atoms with Crippen LogP contribution in [0.2, 0.25) is 0 Å². The fraction of sp³-hybridized carbons (Fsp3) is 0.561. The topological polar surface area (TPSA) is 230 Å². The van der Waals surface area contributed by atoms with Gasteiger partial charge in [0.05, 0.1) is 17.4 Å². The predicted octanol–water partition coefficient (Wildman–Crippen LogP) is 7.78. The number of benzene rings is 2. The van der Waals surface area contributed by atoms with Crippen LogP contribution in [0.1, 0.15) is 127 Å². The van der Waals surface area contributed by atoms with Gasteiger partial charge in [-0.15, -0.1) is 0 Å². The highest BCUT2D eigenvalue weighted by Gasteiger charge is 2.48. The van der Waals surface area contributed by atoms with Crippen LogP contribution in [0.25, 0.3) is 17.0 Å². The first-order chi connectivity index (χ1) is 41.1. The van der Waals surface area contributed by atoms with Crippen LogP contribution in [0.5, 0.6) is 11.6 Å². The Morgan fingerprint density at radius 2 is 1.49 bits per heavy atom. The molecule has 2 amide bonds. The first-order valence-electron chi connectivity index (χ1n) is 31.7. The van der Waals surface area contributed by atoms with E-state index in [-0.39, 0.29) is 53.5 Å². The molecule has 1 saturated carbocycles. The normalized spacial score (nSPS) is 23.4. The van der Waals surface area contributed by atoms with E-state index < -0.39 is 12.0 Å². The lowest BCUT2D eigenvalue weighted by molar-refractivity contribution is -0.141. The summed E-state index contributed by atoms with van der Waals surface area (Å²) in [6.45, 7) is 17.1. The van der Waals surface area contributed by atoms with Gasteiger partial charge in [-0.25, -0.2) is 4.98 Å². The molecule has 6 aliphatic heterocycles. The number of nitrogens with one attached hydrogen (secondary N) is 1. The van der Waals surface area contributed by atoms with Gasteiger partial charge in [-0.2, -0.15) is 5.10 Å². The molecule has 12 rings (SSSR count). The van der Waals surface area contributed by atoms with Crippen LogP contribution in [0.4, 0.5) is 11.5 Å². The summed E-state index contributed by atoms with van der Waals surface area (Å²) in [5.74, 6) is 3.12. The molecule has 2 bridgehead atoms. The Labute approximate surface area is 501 Å². The number of hydrogen-bond acceptors (Lipinski definition) is 16. The number of likely N-dealkylation sites (tertiary alicyclic amines) is 4. The summed E-state index contributed by atoms with van der Waals surface area (Å²) in [5.41, 5.74) is 25.3. The number of aromatic nitrogens is 4. The number of hydrogen-bond donors (Lipinski definition) is 5. The van der Waals surface area contributed by atoms with E-state index in [9.17, 15) is 14.7 Å². The molecule has 3 aromatic heterocycles. The van der Waals surface area contributed by atoms with Crippen LogP contribution in [0.3, 0.4) is 0 Å². The number of carbonyl (C=O) groups excluding carboxylic acids is 2. The zero-order chi connectivity index (χ0) is 58.9. The number of phenols is 1. The molecule has 85 heavy (non-hydrogen) atoms. The maximum absolute atomic E-state index is 14.4. The van der Waals surface area contributed by atoms with Gasteiger partial charge >= 0.3 is 0 Å². The molecule has 1 spiro atoms. The van der Waals surface area contributed by atoms with Crippen LogP contribution in [-0.2, 0) is 16.6 Å². The number of ether oxygens (including phenoxy) is 1. The smallest absolute Gasteiger partial charge is 0.243 e. The number of allylic oxidation sites excluding steroid dienone is 1. The third-order valence-electron chi connectivity index (χ3n) is 20.3. The van der Waals surface area contributed by atoms with Crippen molar-refractivity contribution in [2.24, 2.45) is 47.4 Å². The molecule has 19 nitrogen and oxygen atoms in total. The molecule has 1 aliphatic carbocycles. The molecule has 8 N–H and O–H groups in total. The van der Waals surface area contributed by atoms with E-state index in [1.54, 1.807) is 35.4 Å². The number of anilines is 2. The van der Waals surface area contributed by atoms with Crippen molar-refractivity contribution in [3.63, 3.8) is 0 Å². The minimum atomic E-state index is -0.525. The zero-order valence-electron chi connectivity index (χ0n) is 50.4. The standard InChI is InChI=1S/C66H90N14O5/c1-43(2)62(65(83)79-27-7-9-56(79)64(82)72-44(3)47-11-13-48(14-12-47)55-18-26-71-74(55)4)59-36-60(73-85-59)77-30-21-46(22-31-77)39-75-28-19-45(20-29-75)40-76-32-23-66(24-33-76)37-52(38-66)84-61-34-49(17-25-70-61)80-50-15-16-51(80)42-78(41-50)57(63(68)69)35-54(67)53-8-5-6-10-58(53)81/h5-6,8,10-14,17-18,25-26,34-36,43-46,50-52,56,62,81H,7,9,15-16,19-24,27-33,37-42,67-69H2,1-4H3,(H,72,82)/b54-35-. The van der Waals surface area contributed by atoms with Gasteiger partial charge in [-0.1, -0.05) is 55.4 Å². The number of piperazine rings is 1. The summed E-state index contributed by atoms with van der Waals surface area (Å²) in [6.07, 6.45) is 18.7. The largest absolute Gasteiger partial charge is 0.507 e. The number of aromatic hydroxyl groups is 1. The van der Waals surface area contributed by atoms with Crippen molar-refractivity contribution < 1.29 is 24.0 Å². The average molecular weight is 1160 g/mol. The number of phenolic OH excluding ortho intramolecular Hbond substituents is 1. The summed E-state index contributed by atoms with van der Waals surface area (Å²) in [5, 5.41) is 22.4. The van der Waals surface area contributed by atoms with Gasteiger partial charge in [0.2, 0.25) is 17.7 Å². The van der Waals surface area contributed by atoms with Crippen molar-refractivity contribution in [3.8, 4) is 22.9 Å². The van der Waals surface area contributed by atoms with E-state index in [1.807, 2.05) is 69.0 Å². The second-order valence-corrected chi connectivity index (χ2v) is 26.3. The van der Waals surface area contributed by atoms with Crippen LogP contribution in [0.15, 0.2) is 107 Å². The van der Waals surface area contributed by atoms with Gasteiger partial charge in [0.25, 0.3) is 0 Å². The molecular weight excluding hydrogens is 1070 g/mol. The van der Waals surface area contributed by atoms with E-state index in [1.165, 1.54) is 58.4 Å². The first kappa shape index (κ1) is 58.1. The minimum absolute atomic E-state index is 0.0312. The summed E-state index contributed by atoms with van der Waals surface area (Å²) in [7, 11) is 1.92. The molecule has 6 saturated heterocycles. The number of nitrogens with zero attached hydrogens (tertiary/aromatic N) is 10. The molecule has 0 radical (unpaired) electrons.